The van der Waals surface area contributed by atoms with Gasteiger partial charge in [-0.1, -0.05) is 15.9 Å². The molecule has 4 unspecified atom stereocenters. The second kappa shape index (κ2) is 4.91. The average Bonchev–Trinajstić information content (AvgIpc) is 2.87. The molecular formula is C15H19BrN2O. The molecular weight excluding hydrogens is 304 g/mol. The van der Waals surface area contributed by atoms with Crippen molar-refractivity contribution in [1.29, 1.82) is 0 Å². The molecule has 1 aromatic carbocycles. The minimum Gasteiger partial charge on any atom is -0.327 e. The van der Waals surface area contributed by atoms with Crippen molar-refractivity contribution in [3.05, 3.63) is 28.2 Å². The minimum absolute atomic E-state index is 0.00182. The quantitative estimate of drug-likeness (QED) is 0.879. The lowest BCUT2D eigenvalue weighted by Gasteiger charge is -2.27. The Morgan fingerprint density at radius 3 is 2.68 bits per heavy atom. The van der Waals surface area contributed by atoms with Crippen LogP contribution in [0.15, 0.2) is 22.7 Å². The molecule has 3 nitrogen and oxygen atoms in total. The minimum atomic E-state index is -0.00182. The van der Waals surface area contributed by atoms with Gasteiger partial charge < -0.3 is 11.1 Å². The molecule has 4 atom stereocenters. The van der Waals surface area contributed by atoms with Crippen LogP contribution in [-0.4, -0.2) is 11.9 Å². The van der Waals surface area contributed by atoms with E-state index >= 15 is 0 Å². The molecule has 0 aliphatic heterocycles. The van der Waals surface area contributed by atoms with Crippen molar-refractivity contribution in [1.82, 2.24) is 0 Å². The molecule has 2 aliphatic carbocycles. The molecule has 2 fully saturated rings. The Kier molecular flexibility index (Phi) is 3.39. The molecule has 4 heteroatoms. The van der Waals surface area contributed by atoms with Gasteiger partial charge in [0.1, 0.15) is 0 Å². The van der Waals surface area contributed by atoms with Crippen molar-refractivity contribution >= 4 is 27.5 Å². The summed E-state index contributed by atoms with van der Waals surface area (Å²) in [6.07, 6.45) is 3.50. The number of fused-ring (bicyclic) bond motifs is 2. The lowest BCUT2D eigenvalue weighted by molar-refractivity contribution is -0.121. The van der Waals surface area contributed by atoms with Gasteiger partial charge in [-0.3, -0.25) is 4.79 Å². The lowest BCUT2D eigenvalue weighted by Crippen LogP contribution is -2.42. The third kappa shape index (κ3) is 2.43. The summed E-state index contributed by atoms with van der Waals surface area (Å²) >= 11 is 3.45. The number of hydrogen-bond donors (Lipinski definition) is 2. The molecule has 0 radical (unpaired) electrons. The van der Waals surface area contributed by atoms with Gasteiger partial charge in [-0.15, -0.1) is 0 Å². The van der Waals surface area contributed by atoms with E-state index in [9.17, 15) is 4.79 Å². The molecule has 0 heterocycles. The number of nitrogens with one attached hydrogen (secondary N) is 1. The number of amides is 1. The van der Waals surface area contributed by atoms with Crippen LogP contribution in [0.4, 0.5) is 5.69 Å². The van der Waals surface area contributed by atoms with Crippen LogP contribution >= 0.6 is 15.9 Å². The SMILES string of the molecule is Cc1cc(Br)cc(NC(=O)C2C3CCC(C3)C2N)c1. The van der Waals surface area contributed by atoms with Crippen LogP contribution in [0.25, 0.3) is 0 Å². The molecule has 0 saturated heterocycles. The second-order valence-electron chi connectivity index (χ2n) is 5.94. The van der Waals surface area contributed by atoms with Crippen LogP contribution in [-0.2, 0) is 4.79 Å². The van der Waals surface area contributed by atoms with Crippen LogP contribution in [0.5, 0.6) is 0 Å². The highest BCUT2D eigenvalue weighted by molar-refractivity contribution is 9.10. The number of aryl methyl sites for hydroxylation is 1. The first-order valence-electron chi connectivity index (χ1n) is 6.88. The molecule has 0 aromatic heterocycles. The Hall–Kier alpha value is -0.870. The summed E-state index contributed by atoms with van der Waals surface area (Å²) in [7, 11) is 0. The van der Waals surface area contributed by atoms with Gasteiger partial charge in [0.05, 0.1) is 5.92 Å². The first-order chi connectivity index (χ1) is 9.04. The first kappa shape index (κ1) is 13.1. The summed E-state index contributed by atoms with van der Waals surface area (Å²) < 4.78 is 0.986. The molecule has 3 N–H and O–H groups in total. The number of rotatable bonds is 2. The third-order valence-corrected chi connectivity index (χ3v) is 5.05. The van der Waals surface area contributed by atoms with Crippen LogP contribution in [0.3, 0.4) is 0 Å². The average molecular weight is 323 g/mol. The van der Waals surface area contributed by atoms with Crippen molar-refractivity contribution < 1.29 is 4.79 Å². The van der Waals surface area contributed by atoms with Gasteiger partial charge in [0.2, 0.25) is 5.91 Å². The van der Waals surface area contributed by atoms with Crippen molar-refractivity contribution in [2.75, 3.05) is 5.32 Å². The fourth-order valence-corrected chi connectivity index (χ4v) is 4.37. The molecule has 2 aliphatic rings. The molecule has 3 rings (SSSR count). The van der Waals surface area contributed by atoms with E-state index in [-0.39, 0.29) is 17.9 Å². The number of benzene rings is 1. The highest BCUT2D eigenvalue weighted by atomic mass is 79.9. The summed E-state index contributed by atoms with van der Waals surface area (Å²) in [4.78, 5) is 12.4. The van der Waals surface area contributed by atoms with E-state index in [2.05, 4.69) is 21.2 Å². The van der Waals surface area contributed by atoms with E-state index in [4.69, 9.17) is 5.73 Å². The Morgan fingerprint density at radius 2 is 2.05 bits per heavy atom. The van der Waals surface area contributed by atoms with Crippen LogP contribution < -0.4 is 11.1 Å². The fourth-order valence-electron chi connectivity index (χ4n) is 3.76. The number of anilines is 1. The molecule has 0 spiro atoms. The Balaban J connectivity index is 1.75. The number of carbonyl (C=O) groups excluding carboxylic acids is 1. The zero-order chi connectivity index (χ0) is 13.6. The largest absolute Gasteiger partial charge is 0.327 e. The third-order valence-electron chi connectivity index (χ3n) is 4.59. The summed E-state index contributed by atoms with van der Waals surface area (Å²) in [5, 5.41) is 3.03. The van der Waals surface area contributed by atoms with Gasteiger partial charge in [0.25, 0.3) is 0 Å². The van der Waals surface area contributed by atoms with Gasteiger partial charge in [-0.05, 0) is 61.8 Å². The Bertz CT molecular complexity index is 495. The maximum absolute atomic E-state index is 12.4. The smallest absolute Gasteiger partial charge is 0.229 e. The van der Waals surface area contributed by atoms with Crippen molar-refractivity contribution in [2.24, 2.45) is 23.5 Å². The van der Waals surface area contributed by atoms with Crippen LogP contribution in [0, 0.1) is 24.7 Å². The van der Waals surface area contributed by atoms with Crippen LogP contribution in [0.2, 0.25) is 0 Å². The maximum atomic E-state index is 12.4. The first-order valence-corrected chi connectivity index (χ1v) is 7.67. The van der Waals surface area contributed by atoms with E-state index in [1.807, 2.05) is 25.1 Å². The zero-order valence-electron chi connectivity index (χ0n) is 11.0. The molecule has 19 heavy (non-hydrogen) atoms. The van der Waals surface area contributed by atoms with E-state index in [1.165, 1.54) is 6.42 Å². The number of carbonyl (C=O) groups is 1. The molecule has 1 amide bonds. The highest BCUT2D eigenvalue weighted by Gasteiger charge is 2.49. The molecule has 102 valence electrons. The van der Waals surface area contributed by atoms with E-state index in [1.54, 1.807) is 0 Å². The predicted molar refractivity (Wildman–Crippen MR) is 79.8 cm³/mol. The van der Waals surface area contributed by atoms with Crippen molar-refractivity contribution in [3.63, 3.8) is 0 Å². The van der Waals surface area contributed by atoms with E-state index < -0.39 is 0 Å². The predicted octanol–water partition coefficient (Wildman–Crippen LogP) is 3.07. The number of halogens is 1. The lowest BCUT2D eigenvalue weighted by atomic mass is 9.84. The monoisotopic (exact) mass is 322 g/mol. The molecule has 2 saturated carbocycles. The summed E-state index contributed by atoms with van der Waals surface area (Å²) in [5.74, 6) is 1.15. The topological polar surface area (TPSA) is 55.1 Å². The standard InChI is InChI=1S/C15H19BrN2O/c1-8-4-11(16)7-12(5-8)18-15(19)13-9-2-3-10(6-9)14(13)17/h4-5,7,9-10,13-14H,2-3,6,17H2,1H3,(H,18,19). The van der Waals surface area contributed by atoms with Crippen LogP contribution in [0.1, 0.15) is 24.8 Å². The highest BCUT2D eigenvalue weighted by Crippen LogP contribution is 2.47. The van der Waals surface area contributed by atoms with Gasteiger partial charge in [-0.25, -0.2) is 0 Å². The molecule has 2 bridgehead atoms. The summed E-state index contributed by atoms with van der Waals surface area (Å²) in [6, 6.07) is 6.00. The van der Waals surface area contributed by atoms with Crippen molar-refractivity contribution in [2.45, 2.75) is 32.2 Å². The van der Waals surface area contributed by atoms with Gasteiger partial charge in [0.15, 0.2) is 0 Å². The normalized spacial score (nSPS) is 32.6. The summed E-state index contributed by atoms with van der Waals surface area (Å²) in [5.41, 5.74) is 8.19. The van der Waals surface area contributed by atoms with Gasteiger partial charge in [-0.2, -0.15) is 0 Å². The van der Waals surface area contributed by atoms with E-state index in [0.29, 0.717) is 11.8 Å². The number of hydrogen-bond acceptors (Lipinski definition) is 2. The molecule has 1 aromatic rings. The maximum Gasteiger partial charge on any atom is 0.229 e. The zero-order valence-corrected chi connectivity index (χ0v) is 12.6. The van der Waals surface area contributed by atoms with Gasteiger partial charge in [0, 0.05) is 16.2 Å². The fraction of sp³-hybridized carbons (Fsp3) is 0.533. The van der Waals surface area contributed by atoms with Gasteiger partial charge >= 0.3 is 0 Å². The van der Waals surface area contributed by atoms with Crippen molar-refractivity contribution in [3.8, 4) is 0 Å². The Labute approximate surface area is 122 Å². The second-order valence-corrected chi connectivity index (χ2v) is 6.86. The van der Waals surface area contributed by atoms with E-state index in [0.717, 1.165) is 28.6 Å². The number of nitrogens with two attached hydrogens (primary N) is 1. The Morgan fingerprint density at radius 1 is 1.32 bits per heavy atom. The summed E-state index contributed by atoms with van der Waals surface area (Å²) in [6.45, 7) is 2.02.